The molecule has 17 heavy (non-hydrogen) atoms. The van der Waals surface area contributed by atoms with Gasteiger partial charge >= 0.3 is 0 Å². The van der Waals surface area contributed by atoms with Gasteiger partial charge in [-0.3, -0.25) is 0 Å². The molecule has 1 heterocycles. The predicted octanol–water partition coefficient (Wildman–Crippen LogP) is 3.57. The standard InChI is InChI=1S/C15H10N2/c1-10-6-7-13-11-4-2-3-5-12(11)15(9-16)17-14(13)8-10/h2-8H,1H3. The molecule has 0 saturated carbocycles. The molecule has 0 aliphatic rings. The van der Waals surface area contributed by atoms with Crippen LogP contribution in [0.1, 0.15) is 11.3 Å². The Morgan fingerprint density at radius 2 is 1.76 bits per heavy atom. The second-order valence-electron chi connectivity index (χ2n) is 4.14. The zero-order chi connectivity index (χ0) is 11.8. The Bertz CT molecular complexity index is 767. The summed E-state index contributed by atoms with van der Waals surface area (Å²) < 4.78 is 0. The van der Waals surface area contributed by atoms with Crippen molar-refractivity contribution in [2.45, 2.75) is 6.92 Å². The molecule has 0 aliphatic carbocycles. The van der Waals surface area contributed by atoms with E-state index in [1.807, 2.05) is 37.3 Å². The number of aryl methyl sites for hydroxylation is 1. The number of benzene rings is 2. The Morgan fingerprint density at radius 1 is 1.00 bits per heavy atom. The molecule has 0 bridgehead atoms. The van der Waals surface area contributed by atoms with Gasteiger partial charge in [-0.2, -0.15) is 5.26 Å². The van der Waals surface area contributed by atoms with E-state index in [9.17, 15) is 0 Å². The summed E-state index contributed by atoms with van der Waals surface area (Å²) in [4.78, 5) is 4.42. The van der Waals surface area contributed by atoms with Crippen molar-refractivity contribution in [3.8, 4) is 6.07 Å². The maximum absolute atomic E-state index is 9.15. The van der Waals surface area contributed by atoms with Crippen molar-refractivity contribution in [3.63, 3.8) is 0 Å². The largest absolute Gasteiger partial charge is 0.236 e. The lowest BCUT2D eigenvalue weighted by Gasteiger charge is -2.05. The monoisotopic (exact) mass is 218 g/mol. The maximum atomic E-state index is 9.15. The topological polar surface area (TPSA) is 36.7 Å². The first-order valence-electron chi connectivity index (χ1n) is 5.49. The van der Waals surface area contributed by atoms with Crippen LogP contribution >= 0.6 is 0 Å². The summed E-state index contributed by atoms with van der Waals surface area (Å²) in [5.41, 5.74) is 2.54. The van der Waals surface area contributed by atoms with E-state index in [1.54, 1.807) is 0 Å². The Kier molecular flexibility index (Phi) is 2.06. The average Bonchev–Trinajstić information content (AvgIpc) is 2.37. The number of fused-ring (bicyclic) bond motifs is 3. The molecule has 0 aliphatic heterocycles. The molecule has 0 amide bonds. The van der Waals surface area contributed by atoms with Gasteiger partial charge in [0.05, 0.1) is 5.52 Å². The zero-order valence-electron chi connectivity index (χ0n) is 9.44. The summed E-state index contributed by atoms with van der Waals surface area (Å²) in [5.74, 6) is 0. The van der Waals surface area contributed by atoms with Gasteiger partial charge in [0.15, 0.2) is 0 Å². The van der Waals surface area contributed by atoms with Gasteiger partial charge in [0.1, 0.15) is 11.8 Å². The number of pyridine rings is 1. The van der Waals surface area contributed by atoms with Crippen molar-refractivity contribution in [3.05, 3.63) is 53.7 Å². The average molecular weight is 218 g/mol. The minimum absolute atomic E-state index is 0.499. The number of hydrogen-bond donors (Lipinski definition) is 0. The lowest BCUT2D eigenvalue weighted by molar-refractivity contribution is 1.34. The minimum Gasteiger partial charge on any atom is -0.236 e. The van der Waals surface area contributed by atoms with E-state index < -0.39 is 0 Å². The number of hydrogen-bond acceptors (Lipinski definition) is 2. The highest BCUT2D eigenvalue weighted by molar-refractivity contribution is 6.07. The molecule has 0 spiro atoms. The van der Waals surface area contributed by atoms with Crippen LogP contribution in [-0.2, 0) is 0 Å². The Balaban J connectivity index is 2.60. The van der Waals surface area contributed by atoms with Crippen molar-refractivity contribution in [2.75, 3.05) is 0 Å². The predicted molar refractivity (Wildman–Crippen MR) is 68.7 cm³/mol. The van der Waals surface area contributed by atoms with Crippen LogP contribution in [0.3, 0.4) is 0 Å². The van der Waals surface area contributed by atoms with Crippen LogP contribution < -0.4 is 0 Å². The quantitative estimate of drug-likeness (QED) is 0.541. The summed E-state index contributed by atoms with van der Waals surface area (Å²) in [5, 5.41) is 12.3. The molecule has 0 N–H and O–H groups in total. The molecular weight excluding hydrogens is 208 g/mol. The van der Waals surface area contributed by atoms with Crippen LogP contribution in [0.25, 0.3) is 21.7 Å². The van der Waals surface area contributed by atoms with Crippen molar-refractivity contribution in [2.24, 2.45) is 0 Å². The third kappa shape index (κ3) is 1.44. The summed E-state index contributed by atoms with van der Waals surface area (Å²) in [6, 6.07) is 16.2. The summed E-state index contributed by atoms with van der Waals surface area (Å²) in [6.45, 7) is 2.03. The van der Waals surface area contributed by atoms with Crippen LogP contribution in [0.15, 0.2) is 42.5 Å². The van der Waals surface area contributed by atoms with Gasteiger partial charge in [0, 0.05) is 10.8 Å². The molecule has 3 aromatic rings. The maximum Gasteiger partial charge on any atom is 0.149 e. The first-order chi connectivity index (χ1) is 8.29. The van der Waals surface area contributed by atoms with Crippen molar-refractivity contribution < 1.29 is 0 Å². The third-order valence-corrected chi connectivity index (χ3v) is 2.96. The van der Waals surface area contributed by atoms with E-state index in [0.29, 0.717) is 5.69 Å². The van der Waals surface area contributed by atoms with E-state index in [4.69, 9.17) is 5.26 Å². The molecule has 1 aromatic heterocycles. The van der Waals surface area contributed by atoms with E-state index in [0.717, 1.165) is 27.2 Å². The number of aromatic nitrogens is 1. The number of nitriles is 1. The van der Waals surface area contributed by atoms with Crippen LogP contribution in [0.2, 0.25) is 0 Å². The van der Waals surface area contributed by atoms with Gasteiger partial charge in [-0.1, -0.05) is 36.4 Å². The van der Waals surface area contributed by atoms with Gasteiger partial charge < -0.3 is 0 Å². The van der Waals surface area contributed by atoms with Crippen molar-refractivity contribution in [1.82, 2.24) is 4.98 Å². The fourth-order valence-electron chi connectivity index (χ4n) is 2.15. The first kappa shape index (κ1) is 9.80. The van der Waals surface area contributed by atoms with Crippen molar-refractivity contribution >= 4 is 21.7 Å². The normalized spacial score (nSPS) is 10.6. The summed E-state index contributed by atoms with van der Waals surface area (Å²) in [6.07, 6.45) is 0. The first-order valence-corrected chi connectivity index (χ1v) is 5.49. The van der Waals surface area contributed by atoms with Crippen LogP contribution in [0.4, 0.5) is 0 Å². The van der Waals surface area contributed by atoms with Crippen LogP contribution in [0.5, 0.6) is 0 Å². The minimum atomic E-state index is 0.499. The molecular formula is C15H10N2. The van der Waals surface area contributed by atoms with E-state index in [1.165, 1.54) is 0 Å². The molecule has 2 aromatic carbocycles. The molecule has 0 fully saturated rings. The molecule has 80 valence electrons. The van der Waals surface area contributed by atoms with Gasteiger partial charge in [-0.05, 0) is 23.9 Å². The smallest absolute Gasteiger partial charge is 0.149 e. The van der Waals surface area contributed by atoms with Gasteiger partial charge in [-0.15, -0.1) is 0 Å². The summed E-state index contributed by atoms with van der Waals surface area (Å²) >= 11 is 0. The molecule has 0 unspecified atom stereocenters. The van der Waals surface area contributed by atoms with Crippen LogP contribution in [0, 0.1) is 18.3 Å². The fraction of sp³-hybridized carbons (Fsp3) is 0.0667. The number of nitrogens with zero attached hydrogens (tertiary/aromatic N) is 2. The lowest BCUT2D eigenvalue weighted by Crippen LogP contribution is -1.89. The molecule has 0 saturated heterocycles. The van der Waals surface area contributed by atoms with Crippen molar-refractivity contribution in [1.29, 1.82) is 5.26 Å². The zero-order valence-corrected chi connectivity index (χ0v) is 9.44. The highest BCUT2D eigenvalue weighted by Crippen LogP contribution is 2.26. The number of rotatable bonds is 0. The SMILES string of the molecule is Cc1ccc2c(c1)nc(C#N)c1ccccc12. The van der Waals surface area contributed by atoms with E-state index >= 15 is 0 Å². The lowest BCUT2D eigenvalue weighted by atomic mass is 10.0. The fourth-order valence-corrected chi connectivity index (χ4v) is 2.15. The van der Waals surface area contributed by atoms with Gasteiger partial charge in [-0.25, -0.2) is 4.98 Å². The molecule has 0 radical (unpaired) electrons. The van der Waals surface area contributed by atoms with Gasteiger partial charge in [0.2, 0.25) is 0 Å². The molecule has 2 heteroatoms. The van der Waals surface area contributed by atoms with Crippen LogP contribution in [-0.4, -0.2) is 4.98 Å². The molecule has 2 nitrogen and oxygen atoms in total. The third-order valence-electron chi connectivity index (χ3n) is 2.96. The molecule has 0 atom stereocenters. The Labute approximate surface area is 99.1 Å². The Hall–Kier alpha value is -2.40. The highest BCUT2D eigenvalue weighted by Gasteiger charge is 2.06. The van der Waals surface area contributed by atoms with Gasteiger partial charge in [0.25, 0.3) is 0 Å². The van der Waals surface area contributed by atoms with E-state index in [2.05, 4.69) is 23.2 Å². The second kappa shape index (κ2) is 3.57. The molecule has 3 rings (SSSR count). The second-order valence-corrected chi connectivity index (χ2v) is 4.14. The highest BCUT2D eigenvalue weighted by atomic mass is 14.7. The Morgan fingerprint density at radius 3 is 2.53 bits per heavy atom. The van der Waals surface area contributed by atoms with E-state index in [-0.39, 0.29) is 0 Å². The summed E-state index contributed by atoms with van der Waals surface area (Å²) in [7, 11) is 0.